The van der Waals surface area contributed by atoms with E-state index in [2.05, 4.69) is 35.6 Å². The van der Waals surface area contributed by atoms with Gasteiger partial charge in [0.25, 0.3) is 0 Å². The molecule has 0 aliphatic carbocycles. The van der Waals surface area contributed by atoms with Gasteiger partial charge >= 0.3 is 0 Å². The Bertz CT molecular complexity index is 651. The van der Waals surface area contributed by atoms with Crippen LogP contribution in [0.3, 0.4) is 0 Å². The minimum Gasteiger partial charge on any atom is -0.486 e. The van der Waals surface area contributed by atoms with Gasteiger partial charge in [-0.3, -0.25) is 0 Å². The molecule has 0 radical (unpaired) electrons. The van der Waals surface area contributed by atoms with Crippen LogP contribution in [0.5, 0.6) is 11.5 Å². The molecule has 0 spiro atoms. The van der Waals surface area contributed by atoms with Crippen molar-refractivity contribution >= 4 is 0 Å². The second kappa shape index (κ2) is 4.84. The quantitative estimate of drug-likeness (QED) is 0.862. The van der Waals surface area contributed by atoms with Crippen LogP contribution < -0.4 is 14.8 Å². The first-order valence-corrected chi connectivity index (χ1v) is 7.13. The van der Waals surface area contributed by atoms with Gasteiger partial charge in [-0.2, -0.15) is 0 Å². The lowest BCUT2D eigenvalue weighted by Gasteiger charge is -2.22. The number of benzene rings is 2. The lowest BCUT2D eigenvalue weighted by atomic mass is 9.92. The minimum atomic E-state index is 0.630. The largest absolute Gasteiger partial charge is 0.486 e. The summed E-state index contributed by atoms with van der Waals surface area (Å²) in [5, 5.41) is 3.46. The smallest absolute Gasteiger partial charge is 0.161 e. The SMILES string of the molecule is c1cc2c(c(-c3ccc4c(c3)OCCO4)c1)CNCC2. The topological polar surface area (TPSA) is 30.5 Å². The van der Waals surface area contributed by atoms with E-state index in [-0.39, 0.29) is 0 Å². The lowest BCUT2D eigenvalue weighted by Crippen LogP contribution is -2.24. The van der Waals surface area contributed by atoms with Gasteiger partial charge in [-0.25, -0.2) is 0 Å². The molecule has 0 bridgehead atoms. The van der Waals surface area contributed by atoms with Crippen molar-refractivity contribution in [3.8, 4) is 22.6 Å². The molecular weight excluding hydrogens is 250 g/mol. The van der Waals surface area contributed by atoms with E-state index in [4.69, 9.17) is 9.47 Å². The summed E-state index contributed by atoms with van der Waals surface area (Å²) in [7, 11) is 0. The van der Waals surface area contributed by atoms with E-state index in [1.165, 1.54) is 22.3 Å². The third kappa shape index (κ3) is 1.95. The van der Waals surface area contributed by atoms with Crippen molar-refractivity contribution < 1.29 is 9.47 Å². The van der Waals surface area contributed by atoms with E-state index in [1.54, 1.807) is 0 Å². The molecule has 3 heteroatoms. The van der Waals surface area contributed by atoms with Gasteiger partial charge in [-0.05, 0) is 47.4 Å². The van der Waals surface area contributed by atoms with Crippen molar-refractivity contribution in [2.24, 2.45) is 0 Å². The highest BCUT2D eigenvalue weighted by atomic mass is 16.6. The zero-order valence-corrected chi connectivity index (χ0v) is 11.3. The minimum absolute atomic E-state index is 0.630. The van der Waals surface area contributed by atoms with Crippen LogP contribution in [-0.4, -0.2) is 19.8 Å². The first-order valence-electron chi connectivity index (χ1n) is 7.13. The molecule has 2 aromatic rings. The Labute approximate surface area is 118 Å². The monoisotopic (exact) mass is 267 g/mol. The lowest BCUT2D eigenvalue weighted by molar-refractivity contribution is 0.171. The molecule has 0 fully saturated rings. The highest BCUT2D eigenvalue weighted by molar-refractivity contribution is 5.72. The van der Waals surface area contributed by atoms with Gasteiger partial charge in [0.2, 0.25) is 0 Å². The number of rotatable bonds is 1. The summed E-state index contributed by atoms with van der Waals surface area (Å²) in [4.78, 5) is 0. The Morgan fingerprint density at radius 3 is 2.80 bits per heavy atom. The normalized spacial score (nSPS) is 16.6. The maximum absolute atomic E-state index is 5.69. The molecule has 0 atom stereocenters. The molecule has 0 saturated carbocycles. The predicted molar refractivity (Wildman–Crippen MR) is 78.3 cm³/mol. The van der Waals surface area contributed by atoms with Crippen LogP contribution in [-0.2, 0) is 13.0 Å². The van der Waals surface area contributed by atoms with Crippen LogP contribution in [0.2, 0.25) is 0 Å². The van der Waals surface area contributed by atoms with E-state index in [9.17, 15) is 0 Å². The van der Waals surface area contributed by atoms with Crippen LogP contribution in [0, 0.1) is 0 Å². The third-order valence-electron chi connectivity index (χ3n) is 4.00. The summed E-state index contributed by atoms with van der Waals surface area (Å²) >= 11 is 0. The van der Waals surface area contributed by atoms with Gasteiger partial charge in [0.05, 0.1) is 0 Å². The summed E-state index contributed by atoms with van der Waals surface area (Å²) in [6.45, 7) is 3.28. The summed E-state index contributed by atoms with van der Waals surface area (Å²) in [6.07, 6.45) is 1.10. The second-order valence-electron chi connectivity index (χ2n) is 5.23. The fourth-order valence-electron chi connectivity index (χ4n) is 3.00. The first-order chi connectivity index (χ1) is 9.92. The van der Waals surface area contributed by atoms with Gasteiger partial charge in [-0.1, -0.05) is 24.3 Å². The molecule has 0 aromatic heterocycles. The van der Waals surface area contributed by atoms with Gasteiger partial charge < -0.3 is 14.8 Å². The summed E-state index contributed by atoms with van der Waals surface area (Å²) in [6, 6.07) is 12.8. The van der Waals surface area contributed by atoms with Crippen LogP contribution in [0.1, 0.15) is 11.1 Å². The predicted octanol–water partition coefficient (Wildman–Crippen LogP) is 2.77. The van der Waals surface area contributed by atoms with Crippen molar-refractivity contribution in [2.75, 3.05) is 19.8 Å². The Morgan fingerprint density at radius 2 is 1.85 bits per heavy atom. The number of hydrogen-bond acceptors (Lipinski definition) is 3. The van der Waals surface area contributed by atoms with Crippen molar-refractivity contribution in [3.63, 3.8) is 0 Å². The first kappa shape index (κ1) is 11.8. The molecule has 20 heavy (non-hydrogen) atoms. The average Bonchev–Trinajstić information content (AvgIpc) is 2.54. The molecule has 3 nitrogen and oxygen atoms in total. The maximum Gasteiger partial charge on any atom is 0.161 e. The summed E-state index contributed by atoms with van der Waals surface area (Å²) in [5.41, 5.74) is 5.37. The van der Waals surface area contributed by atoms with Crippen molar-refractivity contribution in [2.45, 2.75) is 13.0 Å². The van der Waals surface area contributed by atoms with Gasteiger partial charge in [0.15, 0.2) is 11.5 Å². The molecule has 0 saturated heterocycles. The third-order valence-corrected chi connectivity index (χ3v) is 4.00. The molecule has 2 aliphatic rings. The Morgan fingerprint density at radius 1 is 0.950 bits per heavy atom. The molecule has 0 amide bonds. The number of hydrogen-bond donors (Lipinski definition) is 1. The standard InChI is InChI=1S/C17H17NO2/c1-2-12-6-7-18-11-15(12)14(3-1)13-4-5-16-17(10-13)20-9-8-19-16/h1-5,10,18H,6-9,11H2. The fourth-order valence-corrected chi connectivity index (χ4v) is 3.00. The van der Waals surface area contributed by atoms with Crippen molar-refractivity contribution in [1.82, 2.24) is 5.32 Å². The van der Waals surface area contributed by atoms with E-state index in [0.717, 1.165) is 31.0 Å². The molecule has 2 aromatic carbocycles. The van der Waals surface area contributed by atoms with Crippen molar-refractivity contribution in [3.05, 3.63) is 47.5 Å². The Hall–Kier alpha value is -2.00. The fraction of sp³-hybridized carbons (Fsp3) is 0.294. The summed E-state index contributed by atoms with van der Waals surface area (Å²) in [5.74, 6) is 1.71. The van der Waals surface area contributed by atoms with Crippen LogP contribution >= 0.6 is 0 Å². The van der Waals surface area contributed by atoms with Crippen LogP contribution in [0.15, 0.2) is 36.4 Å². The summed E-state index contributed by atoms with van der Waals surface area (Å²) < 4.78 is 11.3. The van der Waals surface area contributed by atoms with E-state index >= 15 is 0 Å². The molecule has 1 N–H and O–H groups in total. The number of ether oxygens (including phenoxy) is 2. The molecule has 4 rings (SSSR count). The zero-order valence-electron chi connectivity index (χ0n) is 11.3. The molecule has 2 aliphatic heterocycles. The molecule has 102 valence electrons. The number of fused-ring (bicyclic) bond motifs is 2. The van der Waals surface area contributed by atoms with Crippen LogP contribution in [0.4, 0.5) is 0 Å². The van der Waals surface area contributed by atoms with Gasteiger partial charge in [-0.15, -0.1) is 0 Å². The molecule has 0 unspecified atom stereocenters. The van der Waals surface area contributed by atoms with E-state index in [0.29, 0.717) is 13.2 Å². The van der Waals surface area contributed by atoms with Crippen LogP contribution in [0.25, 0.3) is 11.1 Å². The highest BCUT2D eigenvalue weighted by Crippen LogP contribution is 2.36. The van der Waals surface area contributed by atoms with Gasteiger partial charge in [0.1, 0.15) is 13.2 Å². The average molecular weight is 267 g/mol. The van der Waals surface area contributed by atoms with Crippen molar-refractivity contribution in [1.29, 1.82) is 0 Å². The Balaban J connectivity index is 1.81. The Kier molecular flexibility index (Phi) is 2.85. The van der Waals surface area contributed by atoms with E-state index in [1.807, 2.05) is 6.07 Å². The maximum atomic E-state index is 5.69. The molecule has 2 heterocycles. The molecular formula is C17H17NO2. The van der Waals surface area contributed by atoms with Gasteiger partial charge in [0, 0.05) is 6.54 Å². The zero-order chi connectivity index (χ0) is 13.4. The van der Waals surface area contributed by atoms with E-state index < -0.39 is 0 Å². The second-order valence-corrected chi connectivity index (χ2v) is 5.23. The number of nitrogens with one attached hydrogen (secondary N) is 1. The highest BCUT2D eigenvalue weighted by Gasteiger charge is 2.16.